The normalized spacial score (nSPS) is 17.9. The van der Waals surface area contributed by atoms with E-state index in [1.165, 1.54) is 57.8 Å². The van der Waals surface area contributed by atoms with Gasteiger partial charge in [-0.15, -0.1) is 0 Å². The van der Waals surface area contributed by atoms with E-state index in [1.54, 1.807) is 0 Å². The molecule has 1 unspecified atom stereocenters. The number of carbonyl (C=O) groups excluding carboxylic acids is 3. The number of carbonyl (C=O) groups is 3. The van der Waals surface area contributed by atoms with Gasteiger partial charge >= 0.3 is 17.9 Å². The Bertz CT molecular complexity index is 1330. The van der Waals surface area contributed by atoms with Crippen LogP contribution in [0.5, 0.6) is 0 Å². The van der Waals surface area contributed by atoms with Gasteiger partial charge in [0.2, 0.25) is 0 Å². The van der Waals surface area contributed by atoms with Crippen LogP contribution in [0.3, 0.4) is 0 Å². The molecule has 1 saturated heterocycles. The number of aliphatic hydroxyl groups excluding tert-OH is 4. The van der Waals surface area contributed by atoms with Crippen LogP contribution in [0.4, 0.5) is 0 Å². The molecular weight excluding hydrogens is 897 g/mol. The molecule has 1 aliphatic heterocycles. The topological polar surface area (TPSA) is 169 Å². The largest absolute Gasteiger partial charge is 0.457 e. The number of hydrogen-bond acceptors (Lipinski definition) is 11. The third-order valence-electron chi connectivity index (χ3n) is 13.7. The molecule has 414 valence electrons. The van der Waals surface area contributed by atoms with E-state index in [0.717, 1.165) is 135 Å². The molecule has 71 heavy (non-hydrogen) atoms. The number of hydrogen-bond donors (Lipinski definition) is 4. The Morgan fingerprint density at radius 3 is 1.21 bits per heavy atom. The van der Waals surface area contributed by atoms with Crippen LogP contribution in [0.1, 0.15) is 271 Å². The maximum absolute atomic E-state index is 13.2. The van der Waals surface area contributed by atoms with Crippen molar-refractivity contribution in [3.05, 3.63) is 36.5 Å². The van der Waals surface area contributed by atoms with Crippen LogP contribution >= 0.6 is 0 Å². The highest BCUT2D eigenvalue weighted by molar-refractivity contribution is 5.71. The first-order valence-corrected chi connectivity index (χ1v) is 29.4. The van der Waals surface area contributed by atoms with Crippen LogP contribution in [0.2, 0.25) is 0 Å². The van der Waals surface area contributed by atoms with Gasteiger partial charge in [0.25, 0.3) is 0 Å². The summed E-state index contributed by atoms with van der Waals surface area (Å²) in [6.07, 6.45) is 44.4. The lowest BCUT2D eigenvalue weighted by molar-refractivity contribution is -0.175. The Kier molecular flexibility index (Phi) is 45.3. The number of unbranched alkanes of at least 4 members (excludes halogenated alkanes) is 24. The molecule has 0 spiro atoms. The van der Waals surface area contributed by atoms with Gasteiger partial charge in [0.15, 0.2) is 18.3 Å². The van der Waals surface area contributed by atoms with Gasteiger partial charge in [0, 0.05) is 19.3 Å². The van der Waals surface area contributed by atoms with Crippen molar-refractivity contribution >= 4 is 17.9 Å². The fourth-order valence-electron chi connectivity index (χ4n) is 9.12. The minimum atomic E-state index is -1.08. The maximum Gasteiger partial charge on any atom is 0.306 e. The van der Waals surface area contributed by atoms with Crippen molar-refractivity contribution in [2.24, 2.45) is 0 Å². The third kappa shape index (κ3) is 39.6. The molecule has 11 heteroatoms. The predicted molar refractivity (Wildman–Crippen MR) is 289 cm³/mol. The molecule has 1 fully saturated rings. The summed E-state index contributed by atoms with van der Waals surface area (Å²) in [5.41, 5.74) is 0. The van der Waals surface area contributed by atoms with E-state index in [4.69, 9.17) is 18.9 Å². The zero-order valence-electron chi connectivity index (χ0n) is 45.6. The van der Waals surface area contributed by atoms with E-state index in [1.807, 2.05) is 0 Å². The first-order valence-electron chi connectivity index (χ1n) is 29.4. The van der Waals surface area contributed by atoms with E-state index in [2.05, 4.69) is 57.2 Å². The number of esters is 3. The maximum atomic E-state index is 13.2. The quantitative estimate of drug-likeness (QED) is 0.0198. The molecule has 0 amide bonds. The van der Waals surface area contributed by atoms with E-state index in [9.17, 15) is 34.8 Å². The number of aliphatic hydroxyl groups is 4. The molecule has 11 nitrogen and oxygen atoms in total. The van der Waals surface area contributed by atoms with Gasteiger partial charge < -0.3 is 39.4 Å². The zero-order valence-corrected chi connectivity index (χ0v) is 45.6. The van der Waals surface area contributed by atoms with Crippen molar-refractivity contribution < 1.29 is 53.8 Å². The summed E-state index contributed by atoms with van der Waals surface area (Å²) >= 11 is 0. The van der Waals surface area contributed by atoms with Gasteiger partial charge in [-0.3, -0.25) is 14.4 Å². The molecule has 0 aromatic rings. The predicted octanol–water partition coefficient (Wildman–Crippen LogP) is 14.1. The van der Waals surface area contributed by atoms with E-state index in [-0.39, 0.29) is 44.2 Å². The lowest BCUT2D eigenvalue weighted by atomic mass is 10.0. The Hall–Kier alpha value is -2.57. The summed E-state index contributed by atoms with van der Waals surface area (Å²) < 4.78 is 23.5. The second-order valence-corrected chi connectivity index (χ2v) is 20.5. The van der Waals surface area contributed by atoms with E-state index >= 15 is 0 Å². The van der Waals surface area contributed by atoms with Crippen molar-refractivity contribution in [3.8, 4) is 0 Å². The van der Waals surface area contributed by atoms with Gasteiger partial charge in [0.1, 0.15) is 6.10 Å². The summed E-state index contributed by atoms with van der Waals surface area (Å²) in [7, 11) is 0. The molecule has 1 heterocycles. The summed E-state index contributed by atoms with van der Waals surface area (Å²) in [4.78, 5) is 39.3. The Morgan fingerprint density at radius 2 is 0.817 bits per heavy atom. The van der Waals surface area contributed by atoms with E-state index in [0.29, 0.717) is 38.5 Å². The summed E-state index contributed by atoms with van der Waals surface area (Å²) in [6.45, 7) is 6.01. The second-order valence-electron chi connectivity index (χ2n) is 20.5. The molecule has 0 radical (unpaired) electrons. The molecule has 7 atom stereocenters. The molecule has 4 N–H and O–H groups in total. The van der Waals surface area contributed by atoms with Gasteiger partial charge in [-0.1, -0.05) is 192 Å². The zero-order chi connectivity index (χ0) is 51.8. The van der Waals surface area contributed by atoms with Crippen molar-refractivity contribution in [2.45, 2.75) is 314 Å². The Morgan fingerprint density at radius 1 is 0.465 bits per heavy atom. The fraction of sp³-hybridized carbons (Fsp3) is 0.850. The van der Waals surface area contributed by atoms with Gasteiger partial charge in [-0.25, -0.2) is 0 Å². The Labute approximate surface area is 433 Å². The van der Waals surface area contributed by atoms with E-state index < -0.39 is 48.9 Å². The van der Waals surface area contributed by atoms with Gasteiger partial charge in [-0.05, 0) is 96.3 Å². The molecular formula is C60H108O11. The van der Waals surface area contributed by atoms with Crippen LogP contribution < -0.4 is 0 Å². The van der Waals surface area contributed by atoms with Crippen LogP contribution in [0, 0.1) is 0 Å². The lowest BCUT2D eigenvalue weighted by Crippen LogP contribution is -2.46. The van der Waals surface area contributed by atoms with Crippen LogP contribution in [0.15, 0.2) is 36.5 Å². The number of rotatable bonds is 50. The summed E-state index contributed by atoms with van der Waals surface area (Å²) in [5, 5.41) is 40.9. The van der Waals surface area contributed by atoms with Crippen molar-refractivity contribution in [1.29, 1.82) is 0 Å². The van der Waals surface area contributed by atoms with Crippen molar-refractivity contribution in [2.75, 3.05) is 13.2 Å². The molecule has 0 aromatic carbocycles. The monoisotopic (exact) mass is 1000 g/mol. The number of ether oxygens (including phenoxy) is 4. The third-order valence-corrected chi connectivity index (χ3v) is 13.7. The highest BCUT2D eigenvalue weighted by atomic mass is 16.6. The van der Waals surface area contributed by atoms with Gasteiger partial charge in [-0.2, -0.15) is 0 Å². The molecule has 1 rings (SSSR count). The molecule has 0 saturated carbocycles. The van der Waals surface area contributed by atoms with Crippen LogP contribution in [0.25, 0.3) is 0 Å². The summed E-state index contributed by atoms with van der Waals surface area (Å²) in [5.74, 6) is -1.29. The molecule has 1 aliphatic rings. The van der Waals surface area contributed by atoms with Gasteiger partial charge in [0.05, 0.1) is 31.5 Å². The molecule has 0 aliphatic carbocycles. The smallest absolute Gasteiger partial charge is 0.306 e. The minimum absolute atomic E-state index is 0.0347. The molecule has 0 aromatic heterocycles. The lowest BCUT2D eigenvalue weighted by Gasteiger charge is -2.28. The average Bonchev–Trinajstić information content (AvgIpc) is 3.74. The number of allylic oxidation sites excluding steroid dienone is 3. The van der Waals surface area contributed by atoms with Crippen LogP contribution in [-0.4, -0.2) is 94.3 Å². The first-order chi connectivity index (χ1) is 34.6. The minimum Gasteiger partial charge on any atom is -0.457 e. The molecule has 0 bridgehead atoms. The highest BCUT2D eigenvalue weighted by Crippen LogP contribution is 2.27. The Balaban J connectivity index is 2.56. The first kappa shape index (κ1) is 66.4. The fourth-order valence-corrected chi connectivity index (χ4v) is 9.12. The summed E-state index contributed by atoms with van der Waals surface area (Å²) in [6, 6.07) is 0. The average molecular weight is 1010 g/mol. The highest BCUT2D eigenvalue weighted by Gasteiger charge is 2.47. The van der Waals surface area contributed by atoms with Crippen LogP contribution in [-0.2, 0) is 33.3 Å². The SMILES string of the molecule is CCCCCC[C@@H](O)CC=CCCCCCCCC(=O)O[C@H]1COC([C@@H](CO)OC(=O)CCCCCCCC=CC[C@H](O)CCCCCC)[C@@H]1OC(=O)CCCCCCCC=CC[C@H](O)CCCCCC. The standard InChI is InChI=1S/C60H108O11/c1-4-7-10-31-40-51(62)43-34-25-19-13-16-22-28-37-46-56(65)69-54(49-61)59-60(71-58(67)48-39-30-24-18-15-21-27-36-45-53(64)42-33-12-9-6-3)55(50-68-59)70-57(66)47-38-29-23-17-14-20-26-35-44-52(63)41-32-11-8-5-2/h25-27,34-36,51-55,59-64H,4-24,28-33,37-50H2,1-3H3/t51-,52-,53-,54-,55+,59?,60-/m1/s1. The van der Waals surface area contributed by atoms with Crippen molar-refractivity contribution in [1.82, 2.24) is 0 Å². The second kappa shape index (κ2) is 48.4. The van der Waals surface area contributed by atoms with Crippen molar-refractivity contribution in [3.63, 3.8) is 0 Å².